The first-order valence-electron chi connectivity index (χ1n) is 7.16. The van der Waals surface area contributed by atoms with Crippen LogP contribution in [0, 0.1) is 34.6 Å². The molecule has 2 aromatic heterocycles. The highest BCUT2D eigenvalue weighted by atomic mass is 14.7. The summed E-state index contributed by atoms with van der Waals surface area (Å²) in [4.78, 5) is 8.84. The minimum atomic E-state index is 0.309. The van der Waals surface area contributed by atoms with Gasteiger partial charge in [0.15, 0.2) is 0 Å². The monoisotopic (exact) mass is 267 g/mol. The average Bonchev–Trinajstić information content (AvgIpc) is 2.33. The fraction of sp³-hybridized carbons (Fsp3) is 0.389. The third kappa shape index (κ3) is 3.89. The summed E-state index contributed by atoms with van der Waals surface area (Å²) in [5, 5.41) is 0. The van der Waals surface area contributed by atoms with Crippen molar-refractivity contribution in [1.29, 1.82) is 0 Å². The largest absolute Gasteiger partial charge is 0.258 e. The van der Waals surface area contributed by atoms with Crippen molar-refractivity contribution >= 4 is 0 Å². The molecule has 1 atom stereocenters. The third-order valence-corrected chi connectivity index (χ3v) is 3.50. The standard InChI is InChI=1S/C18H23N2/c1-12(18-10-15(4)20-16(5)11-18)6-7-17-8-13(2)19-14(3)9-17/h8-12H,1,6-7H2,2-5H3. The Morgan fingerprint density at radius 3 is 1.80 bits per heavy atom. The maximum absolute atomic E-state index is 4.42. The molecule has 0 amide bonds. The SMILES string of the molecule is [CH2]C(CCc1cc(C)nc(C)c1)c1cc(C)nc(C)c1. The molecule has 2 rings (SSSR count). The summed E-state index contributed by atoms with van der Waals surface area (Å²) >= 11 is 0. The molecule has 0 N–H and O–H groups in total. The van der Waals surface area contributed by atoms with Crippen LogP contribution in [0.15, 0.2) is 24.3 Å². The lowest BCUT2D eigenvalue weighted by molar-refractivity contribution is 0.727. The van der Waals surface area contributed by atoms with E-state index in [4.69, 9.17) is 0 Å². The summed E-state index contributed by atoms with van der Waals surface area (Å²) in [7, 11) is 0. The predicted molar refractivity (Wildman–Crippen MR) is 83.8 cm³/mol. The molecule has 0 bridgehead atoms. The molecule has 1 radical (unpaired) electrons. The van der Waals surface area contributed by atoms with Crippen LogP contribution in [-0.4, -0.2) is 9.97 Å². The quantitative estimate of drug-likeness (QED) is 0.827. The molecule has 0 spiro atoms. The Bertz CT molecular complexity index is 562. The fourth-order valence-electron chi connectivity index (χ4n) is 2.68. The van der Waals surface area contributed by atoms with Gasteiger partial charge in [0.05, 0.1) is 0 Å². The van der Waals surface area contributed by atoms with Crippen LogP contribution >= 0.6 is 0 Å². The van der Waals surface area contributed by atoms with E-state index in [1.165, 1.54) is 11.1 Å². The number of aromatic nitrogens is 2. The van der Waals surface area contributed by atoms with Crippen molar-refractivity contribution in [2.45, 2.75) is 46.5 Å². The van der Waals surface area contributed by atoms with E-state index in [1.54, 1.807) is 0 Å². The van der Waals surface area contributed by atoms with Crippen LogP contribution in [0.2, 0.25) is 0 Å². The number of pyridine rings is 2. The van der Waals surface area contributed by atoms with Crippen LogP contribution in [0.3, 0.4) is 0 Å². The van der Waals surface area contributed by atoms with Gasteiger partial charge in [0.25, 0.3) is 0 Å². The summed E-state index contributed by atoms with van der Waals surface area (Å²) < 4.78 is 0. The van der Waals surface area contributed by atoms with Crippen LogP contribution in [-0.2, 0) is 6.42 Å². The van der Waals surface area contributed by atoms with Crippen molar-refractivity contribution in [3.8, 4) is 0 Å². The maximum Gasteiger partial charge on any atom is 0.0378 e. The summed E-state index contributed by atoms with van der Waals surface area (Å²) in [5.74, 6) is 0.309. The van der Waals surface area contributed by atoms with Gasteiger partial charge in [-0.05, 0) is 88.8 Å². The minimum Gasteiger partial charge on any atom is -0.258 e. The molecule has 0 saturated heterocycles. The zero-order valence-corrected chi connectivity index (χ0v) is 12.9. The smallest absolute Gasteiger partial charge is 0.0378 e. The molecule has 0 saturated carbocycles. The van der Waals surface area contributed by atoms with E-state index in [1.807, 2.05) is 27.7 Å². The molecular formula is C18H23N2. The number of hydrogen-bond donors (Lipinski definition) is 0. The van der Waals surface area contributed by atoms with Gasteiger partial charge < -0.3 is 0 Å². The Hall–Kier alpha value is -1.70. The van der Waals surface area contributed by atoms with E-state index >= 15 is 0 Å². The van der Waals surface area contributed by atoms with Crippen LogP contribution < -0.4 is 0 Å². The Labute approximate surface area is 122 Å². The first-order valence-corrected chi connectivity index (χ1v) is 7.16. The van der Waals surface area contributed by atoms with E-state index in [-0.39, 0.29) is 0 Å². The Balaban J connectivity index is 2.06. The van der Waals surface area contributed by atoms with E-state index in [2.05, 4.69) is 41.2 Å². The summed E-state index contributed by atoms with van der Waals surface area (Å²) in [6, 6.07) is 8.63. The van der Waals surface area contributed by atoms with E-state index in [9.17, 15) is 0 Å². The number of nitrogens with zero attached hydrogens (tertiary/aromatic N) is 2. The first kappa shape index (κ1) is 14.7. The molecule has 0 aliphatic heterocycles. The Morgan fingerprint density at radius 2 is 1.30 bits per heavy atom. The molecule has 2 aromatic rings. The van der Waals surface area contributed by atoms with E-state index in [0.29, 0.717) is 5.92 Å². The van der Waals surface area contributed by atoms with Crippen molar-refractivity contribution in [2.75, 3.05) is 0 Å². The lowest BCUT2D eigenvalue weighted by atomic mass is 9.93. The van der Waals surface area contributed by atoms with Gasteiger partial charge in [-0.3, -0.25) is 9.97 Å². The fourth-order valence-corrected chi connectivity index (χ4v) is 2.68. The summed E-state index contributed by atoms with van der Waals surface area (Å²) in [6.07, 6.45) is 2.09. The van der Waals surface area contributed by atoms with Gasteiger partial charge >= 0.3 is 0 Å². The van der Waals surface area contributed by atoms with Gasteiger partial charge in [0.2, 0.25) is 0 Å². The van der Waals surface area contributed by atoms with Crippen LogP contribution in [0.25, 0.3) is 0 Å². The molecule has 0 aliphatic rings. The van der Waals surface area contributed by atoms with Crippen LogP contribution in [0.5, 0.6) is 0 Å². The predicted octanol–water partition coefficient (Wildman–Crippen LogP) is 4.26. The highest BCUT2D eigenvalue weighted by Crippen LogP contribution is 2.22. The minimum absolute atomic E-state index is 0.309. The van der Waals surface area contributed by atoms with Crippen LogP contribution in [0.1, 0.15) is 46.2 Å². The average molecular weight is 267 g/mol. The van der Waals surface area contributed by atoms with Gasteiger partial charge in [-0.1, -0.05) is 0 Å². The molecule has 20 heavy (non-hydrogen) atoms. The molecule has 2 heterocycles. The van der Waals surface area contributed by atoms with Gasteiger partial charge in [-0.25, -0.2) is 0 Å². The maximum atomic E-state index is 4.42. The first-order chi connectivity index (χ1) is 9.44. The second kappa shape index (κ2) is 6.17. The summed E-state index contributed by atoms with van der Waals surface area (Å²) in [6.45, 7) is 12.5. The normalized spacial score (nSPS) is 12.4. The molecule has 1 unspecified atom stereocenters. The van der Waals surface area contributed by atoms with Crippen LogP contribution in [0.4, 0.5) is 0 Å². The van der Waals surface area contributed by atoms with E-state index in [0.717, 1.165) is 35.6 Å². The summed E-state index contributed by atoms with van der Waals surface area (Å²) in [5.41, 5.74) is 6.98. The molecule has 0 fully saturated rings. The second-order valence-corrected chi connectivity index (χ2v) is 5.68. The van der Waals surface area contributed by atoms with Crippen molar-refractivity contribution in [3.63, 3.8) is 0 Å². The van der Waals surface area contributed by atoms with Crippen molar-refractivity contribution in [3.05, 3.63) is 65.1 Å². The van der Waals surface area contributed by atoms with Gasteiger partial charge in [-0.2, -0.15) is 0 Å². The van der Waals surface area contributed by atoms with Crippen molar-refractivity contribution < 1.29 is 0 Å². The van der Waals surface area contributed by atoms with Gasteiger partial charge in [0.1, 0.15) is 0 Å². The topological polar surface area (TPSA) is 25.8 Å². The van der Waals surface area contributed by atoms with E-state index < -0.39 is 0 Å². The molecule has 2 heteroatoms. The Morgan fingerprint density at radius 1 is 0.850 bits per heavy atom. The van der Waals surface area contributed by atoms with Crippen molar-refractivity contribution in [2.24, 2.45) is 0 Å². The number of rotatable bonds is 4. The van der Waals surface area contributed by atoms with Crippen molar-refractivity contribution in [1.82, 2.24) is 9.97 Å². The Kier molecular flexibility index (Phi) is 4.53. The molecule has 105 valence electrons. The molecule has 0 aliphatic carbocycles. The third-order valence-electron chi connectivity index (χ3n) is 3.50. The van der Waals surface area contributed by atoms with Gasteiger partial charge in [0, 0.05) is 22.8 Å². The zero-order chi connectivity index (χ0) is 14.7. The molecular weight excluding hydrogens is 244 g/mol. The lowest BCUT2D eigenvalue weighted by Crippen LogP contribution is -2.00. The number of hydrogen-bond acceptors (Lipinski definition) is 2. The number of aryl methyl sites for hydroxylation is 5. The van der Waals surface area contributed by atoms with Gasteiger partial charge in [-0.15, -0.1) is 0 Å². The zero-order valence-electron chi connectivity index (χ0n) is 12.9. The highest BCUT2D eigenvalue weighted by Gasteiger charge is 2.08. The second-order valence-electron chi connectivity index (χ2n) is 5.68. The lowest BCUT2D eigenvalue weighted by Gasteiger charge is -2.13. The molecule has 0 aromatic carbocycles. The highest BCUT2D eigenvalue weighted by molar-refractivity contribution is 5.26. The molecule has 2 nitrogen and oxygen atoms in total.